The van der Waals surface area contributed by atoms with Gasteiger partial charge in [0.25, 0.3) is 5.91 Å². The Morgan fingerprint density at radius 1 is 1.22 bits per heavy atom. The molecule has 126 valence electrons. The number of benzene rings is 1. The van der Waals surface area contributed by atoms with Crippen molar-refractivity contribution in [2.24, 2.45) is 0 Å². The summed E-state index contributed by atoms with van der Waals surface area (Å²) in [5, 5.41) is 2.99. The van der Waals surface area contributed by atoms with Crippen LogP contribution in [0.15, 0.2) is 24.3 Å². The molecule has 0 radical (unpaired) electrons. The van der Waals surface area contributed by atoms with Gasteiger partial charge in [0.05, 0.1) is 25.7 Å². The van der Waals surface area contributed by atoms with E-state index in [9.17, 15) is 9.59 Å². The maximum Gasteiger partial charge on any atom is 0.307 e. The molecule has 1 saturated carbocycles. The van der Waals surface area contributed by atoms with Gasteiger partial charge < -0.3 is 19.5 Å². The summed E-state index contributed by atoms with van der Waals surface area (Å²) in [5.41, 5.74) is 0.0351. The summed E-state index contributed by atoms with van der Waals surface area (Å²) in [7, 11) is 2.96. The molecule has 0 saturated heterocycles. The third kappa shape index (κ3) is 4.69. The molecule has 6 nitrogen and oxygen atoms in total. The summed E-state index contributed by atoms with van der Waals surface area (Å²) in [4.78, 5) is 24.0. The largest absolute Gasteiger partial charge is 0.491 e. The van der Waals surface area contributed by atoms with Crippen molar-refractivity contribution in [2.75, 3.05) is 27.4 Å². The molecule has 1 aliphatic rings. The predicted molar refractivity (Wildman–Crippen MR) is 84.5 cm³/mol. The molecule has 1 N–H and O–H groups in total. The van der Waals surface area contributed by atoms with Crippen LogP contribution in [-0.4, -0.2) is 44.8 Å². The second kappa shape index (κ2) is 7.97. The number of ether oxygens (including phenoxy) is 3. The van der Waals surface area contributed by atoms with Gasteiger partial charge in [0.15, 0.2) is 0 Å². The molecule has 0 bridgehead atoms. The van der Waals surface area contributed by atoms with Gasteiger partial charge in [-0.15, -0.1) is 0 Å². The van der Waals surface area contributed by atoms with Crippen LogP contribution < -0.4 is 10.1 Å². The van der Waals surface area contributed by atoms with Crippen molar-refractivity contribution in [1.82, 2.24) is 5.32 Å². The number of esters is 1. The molecule has 6 heteroatoms. The fourth-order valence-electron chi connectivity index (χ4n) is 2.58. The van der Waals surface area contributed by atoms with E-state index in [1.165, 1.54) is 7.11 Å². The molecule has 2 rings (SSSR count). The summed E-state index contributed by atoms with van der Waals surface area (Å²) < 4.78 is 15.2. The Hall–Kier alpha value is -2.08. The van der Waals surface area contributed by atoms with Crippen LogP contribution in [0.5, 0.6) is 5.75 Å². The molecule has 0 aliphatic heterocycles. The van der Waals surface area contributed by atoms with E-state index < -0.39 is 5.54 Å². The Morgan fingerprint density at radius 2 is 2.00 bits per heavy atom. The highest BCUT2D eigenvalue weighted by atomic mass is 16.5. The summed E-state index contributed by atoms with van der Waals surface area (Å²) in [6.45, 7) is 0.909. The van der Waals surface area contributed by atoms with Crippen LogP contribution in [0.4, 0.5) is 0 Å². The fourth-order valence-corrected chi connectivity index (χ4v) is 2.58. The molecular weight excluding hydrogens is 298 g/mol. The van der Waals surface area contributed by atoms with Crippen molar-refractivity contribution in [1.29, 1.82) is 0 Å². The van der Waals surface area contributed by atoms with Gasteiger partial charge in [-0.25, -0.2) is 0 Å². The molecule has 1 amide bonds. The Kier molecular flexibility index (Phi) is 5.98. The summed E-state index contributed by atoms with van der Waals surface area (Å²) in [6, 6.07) is 6.98. The van der Waals surface area contributed by atoms with Gasteiger partial charge in [0.2, 0.25) is 0 Å². The summed E-state index contributed by atoms with van der Waals surface area (Å²) >= 11 is 0. The summed E-state index contributed by atoms with van der Waals surface area (Å²) in [6.07, 6.45) is 2.78. The predicted octanol–water partition coefficient (Wildman–Crippen LogP) is 1.93. The zero-order valence-corrected chi connectivity index (χ0v) is 13.6. The molecule has 0 aromatic heterocycles. The zero-order chi connectivity index (χ0) is 16.7. The molecule has 1 fully saturated rings. The molecule has 1 aromatic carbocycles. The minimum absolute atomic E-state index is 0.203. The first-order chi connectivity index (χ1) is 11.1. The Balaban J connectivity index is 1.99. The Bertz CT molecular complexity index is 554. The lowest BCUT2D eigenvalue weighted by Gasteiger charge is -2.41. The number of nitrogens with one attached hydrogen (secondary N) is 1. The second-order valence-corrected chi connectivity index (χ2v) is 5.71. The van der Waals surface area contributed by atoms with Crippen LogP contribution in [0.25, 0.3) is 0 Å². The summed E-state index contributed by atoms with van der Waals surface area (Å²) in [5.74, 6) is 0.109. The van der Waals surface area contributed by atoms with Crippen LogP contribution in [0.3, 0.4) is 0 Å². The van der Waals surface area contributed by atoms with Crippen molar-refractivity contribution in [3.8, 4) is 5.75 Å². The van der Waals surface area contributed by atoms with Crippen molar-refractivity contribution in [3.05, 3.63) is 29.8 Å². The van der Waals surface area contributed by atoms with Gasteiger partial charge in [0, 0.05) is 12.7 Å². The molecule has 0 unspecified atom stereocenters. The first-order valence-corrected chi connectivity index (χ1v) is 7.70. The van der Waals surface area contributed by atoms with Crippen LogP contribution in [0.1, 0.15) is 36.0 Å². The van der Waals surface area contributed by atoms with Crippen molar-refractivity contribution in [3.63, 3.8) is 0 Å². The number of rotatable bonds is 8. The number of amides is 1. The first-order valence-electron chi connectivity index (χ1n) is 7.70. The molecule has 0 atom stereocenters. The van der Waals surface area contributed by atoms with E-state index in [2.05, 4.69) is 5.32 Å². The number of carbonyl (C=O) groups is 2. The van der Waals surface area contributed by atoms with Gasteiger partial charge in [-0.3, -0.25) is 9.59 Å². The Labute approximate surface area is 136 Å². The van der Waals surface area contributed by atoms with Gasteiger partial charge in [-0.1, -0.05) is 6.07 Å². The van der Waals surface area contributed by atoms with Crippen LogP contribution in [0, 0.1) is 0 Å². The van der Waals surface area contributed by atoms with E-state index >= 15 is 0 Å². The number of carbonyl (C=O) groups excluding carboxylic acids is 2. The van der Waals surface area contributed by atoms with E-state index in [1.54, 1.807) is 31.4 Å². The number of hydrogen-bond acceptors (Lipinski definition) is 5. The van der Waals surface area contributed by atoms with Gasteiger partial charge >= 0.3 is 5.97 Å². The quantitative estimate of drug-likeness (QED) is 0.585. The minimum atomic E-state index is -0.475. The smallest absolute Gasteiger partial charge is 0.307 e. The lowest BCUT2D eigenvalue weighted by atomic mass is 9.74. The van der Waals surface area contributed by atoms with Crippen molar-refractivity contribution in [2.45, 2.75) is 31.2 Å². The van der Waals surface area contributed by atoms with Crippen LogP contribution in [0.2, 0.25) is 0 Å². The molecule has 23 heavy (non-hydrogen) atoms. The third-order valence-corrected chi connectivity index (χ3v) is 4.05. The third-order valence-electron chi connectivity index (χ3n) is 4.05. The number of methoxy groups -OCH3 is 2. The molecule has 0 spiro atoms. The average molecular weight is 321 g/mol. The minimum Gasteiger partial charge on any atom is -0.491 e. The zero-order valence-electron chi connectivity index (χ0n) is 13.6. The standard InChI is InChI=1S/C17H23NO5/c1-21-9-10-23-14-6-3-5-13(11-14)16(20)18-17(7-4-8-17)12-15(19)22-2/h3,5-6,11H,4,7-10,12H2,1-2H3,(H,18,20). The van der Waals surface area contributed by atoms with Gasteiger partial charge in [-0.2, -0.15) is 0 Å². The SMILES string of the molecule is COCCOc1cccc(C(=O)NC2(CC(=O)OC)CCC2)c1. The van der Waals surface area contributed by atoms with E-state index in [0.29, 0.717) is 24.5 Å². The van der Waals surface area contributed by atoms with Crippen molar-refractivity contribution >= 4 is 11.9 Å². The molecular formula is C17H23NO5. The van der Waals surface area contributed by atoms with Gasteiger partial charge in [-0.05, 0) is 37.5 Å². The monoisotopic (exact) mass is 321 g/mol. The van der Waals surface area contributed by atoms with E-state index in [1.807, 2.05) is 0 Å². The van der Waals surface area contributed by atoms with E-state index in [0.717, 1.165) is 19.3 Å². The maximum absolute atomic E-state index is 12.5. The first kappa shape index (κ1) is 17.3. The highest BCUT2D eigenvalue weighted by Crippen LogP contribution is 2.35. The normalized spacial score (nSPS) is 15.4. The topological polar surface area (TPSA) is 73.9 Å². The highest BCUT2D eigenvalue weighted by molar-refractivity contribution is 5.95. The van der Waals surface area contributed by atoms with Crippen LogP contribution in [-0.2, 0) is 14.3 Å². The Morgan fingerprint density at radius 3 is 2.61 bits per heavy atom. The molecule has 0 heterocycles. The molecule has 1 aromatic rings. The fraction of sp³-hybridized carbons (Fsp3) is 0.529. The number of hydrogen-bond donors (Lipinski definition) is 1. The highest BCUT2D eigenvalue weighted by Gasteiger charge is 2.40. The molecule has 1 aliphatic carbocycles. The van der Waals surface area contributed by atoms with Gasteiger partial charge in [0.1, 0.15) is 12.4 Å². The second-order valence-electron chi connectivity index (χ2n) is 5.71. The van der Waals surface area contributed by atoms with E-state index in [-0.39, 0.29) is 18.3 Å². The lowest BCUT2D eigenvalue weighted by Crippen LogP contribution is -2.54. The van der Waals surface area contributed by atoms with Crippen LogP contribution >= 0.6 is 0 Å². The van der Waals surface area contributed by atoms with Crippen molar-refractivity contribution < 1.29 is 23.8 Å². The lowest BCUT2D eigenvalue weighted by molar-refractivity contribution is -0.143. The maximum atomic E-state index is 12.5. The average Bonchev–Trinajstić information content (AvgIpc) is 2.53. The van der Waals surface area contributed by atoms with E-state index in [4.69, 9.17) is 14.2 Å².